The van der Waals surface area contributed by atoms with Crippen molar-refractivity contribution >= 4 is 40.6 Å². The maximum Gasteiger partial charge on any atom is 0.253 e. The number of halogens is 2. The Hall–Kier alpha value is -4.68. The van der Waals surface area contributed by atoms with Crippen LogP contribution in [0.25, 0.3) is 5.69 Å². The molecule has 0 saturated heterocycles. The molecule has 0 unspecified atom stereocenters. The normalized spacial score (nSPS) is 14.5. The van der Waals surface area contributed by atoms with Crippen LogP contribution in [-0.4, -0.2) is 43.1 Å². The lowest BCUT2D eigenvalue weighted by molar-refractivity contribution is -0.130. The van der Waals surface area contributed by atoms with Crippen molar-refractivity contribution in [2.24, 2.45) is 5.10 Å². The number of carbonyl (C=O) groups excluding carboxylic acids is 2. The topological polar surface area (TPSA) is 92.5 Å². The summed E-state index contributed by atoms with van der Waals surface area (Å²) in [6, 6.07) is 22.8. The Morgan fingerprint density at radius 2 is 1.80 bits per heavy atom. The number of aromatic nitrogens is 3. The molecule has 0 fully saturated rings. The molecule has 2 amide bonds. The molecule has 1 aliphatic heterocycles. The van der Waals surface area contributed by atoms with E-state index in [0.717, 1.165) is 33.5 Å². The van der Waals surface area contributed by atoms with Crippen LogP contribution in [0.2, 0.25) is 0 Å². The number of hydrazone groups is 1. The third-order valence-electron chi connectivity index (χ3n) is 7.01. The van der Waals surface area contributed by atoms with Gasteiger partial charge in [-0.25, -0.2) is 13.8 Å². The van der Waals surface area contributed by atoms with Crippen molar-refractivity contribution in [3.05, 3.63) is 129 Å². The summed E-state index contributed by atoms with van der Waals surface area (Å²) < 4.78 is 29.1. The van der Waals surface area contributed by atoms with Gasteiger partial charge >= 0.3 is 0 Å². The average Bonchev–Trinajstić information content (AvgIpc) is 3.79. The van der Waals surface area contributed by atoms with Gasteiger partial charge < -0.3 is 5.32 Å². The number of amides is 2. The maximum absolute atomic E-state index is 13.7. The number of rotatable bonds is 9. The third-order valence-corrected chi connectivity index (χ3v) is 8.84. The quantitative estimate of drug-likeness (QED) is 0.193. The van der Waals surface area contributed by atoms with E-state index in [1.807, 2.05) is 48.7 Å². The van der Waals surface area contributed by atoms with Gasteiger partial charge in [0.1, 0.15) is 11.6 Å². The lowest BCUT2D eigenvalue weighted by Crippen LogP contribution is -2.28. The summed E-state index contributed by atoms with van der Waals surface area (Å²) in [5.41, 5.74) is 3.55. The first kappa shape index (κ1) is 29.4. The number of aryl methyl sites for hydroxylation is 1. The van der Waals surface area contributed by atoms with E-state index < -0.39 is 11.7 Å². The highest BCUT2D eigenvalue weighted by molar-refractivity contribution is 7.99. The van der Waals surface area contributed by atoms with Crippen LogP contribution in [0.3, 0.4) is 0 Å². The number of hydrogen-bond donors (Lipinski definition) is 1. The van der Waals surface area contributed by atoms with E-state index in [1.165, 1.54) is 47.1 Å². The van der Waals surface area contributed by atoms with Crippen molar-refractivity contribution in [2.45, 2.75) is 31.1 Å². The van der Waals surface area contributed by atoms with E-state index in [9.17, 15) is 18.4 Å². The highest BCUT2D eigenvalue weighted by atomic mass is 32.2. The van der Waals surface area contributed by atoms with Gasteiger partial charge in [0.15, 0.2) is 11.0 Å². The average molecular weight is 629 g/mol. The third kappa shape index (κ3) is 6.46. The van der Waals surface area contributed by atoms with Gasteiger partial charge in [-0.15, -0.1) is 21.5 Å². The second kappa shape index (κ2) is 12.9. The Morgan fingerprint density at radius 3 is 2.55 bits per heavy atom. The van der Waals surface area contributed by atoms with Crippen molar-refractivity contribution in [3.8, 4) is 5.69 Å². The molecule has 2 aromatic heterocycles. The van der Waals surface area contributed by atoms with E-state index in [2.05, 4.69) is 15.5 Å². The highest BCUT2D eigenvalue weighted by Gasteiger charge is 2.33. The van der Waals surface area contributed by atoms with Crippen LogP contribution in [-0.2, 0) is 11.3 Å². The molecule has 0 aliphatic carbocycles. The number of hydrogen-bond acceptors (Lipinski definition) is 7. The van der Waals surface area contributed by atoms with E-state index in [1.54, 1.807) is 28.0 Å². The first-order chi connectivity index (χ1) is 21.4. The Balaban J connectivity index is 1.24. The van der Waals surface area contributed by atoms with E-state index in [4.69, 9.17) is 5.10 Å². The fourth-order valence-electron chi connectivity index (χ4n) is 4.89. The lowest BCUT2D eigenvalue weighted by Gasteiger charge is -2.22. The number of thioether (sulfide) groups is 1. The van der Waals surface area contributed by atoms with Crippen LogP contribution in [0.15, 0.2) is 101 Å². The molecular weight excluding hydrogens is 603 g/mol. The second-order valence-corrected chi connectivity index (χ2v) is 12.0. The Bertz CT molecular complexity index is 1840. The van der Waals surface area contributed by atoms with Crippen LogP contribution < -0.4 is 5.32 Å². The van der Waals surface area contributed by atoms with Crippen LogP contribution in [0, 0.1) is 18.6 Å². The molecule has 0 bridgehead atoms. The van der Waals surface area contributed by atoms with Gasteiger partial charge in [0.05, 0.1) is 28.9 Å². The summed E-state index contributed by atoms with van der Waals surface area (Å²) in [4.78, 5) is 27.3. The molecule has 44 heavy (non-hydrogen) atoms. The maximum atomic E-state index is 13.7. The Labute approximate surface area is 260 Å². The first-order valence-electron chi connectivity index (χ1n) is 13.7. The zero-order chi connectivity index (χ0) is 30.6. The van der Waals surface area contributed by atoms with Crippen molar-refractivity contribution < 1.29 is 18.4 Å². The molecule has 1 N–H and O–H groups in total. The van der Waals surface area contributed by atoms with Crippen LogP contribution in [0.5, 0.6) is 0 Å². The molecule has 3 aromatic carbocycles. The second-order valence-electron chi connectivity index (χ2n) is 10.1. The summed E-state index contributed by atoms with van der Waals surface area (Å²) in [5, 5.41) is 20.0. The van der Waals surface area contributed by atoms with Crippen LogP contribution in [0.4, 0.5) is 8.78 Å². The minimum absolute atomic E-state index is 0.0124. The molecule has 8 nitrogen and oxygen atoms in total. The SMILES string of the molecule is Cc1cccc(-n2c(CNC(=O)c3cccc(F)c3)nnc2SCC(=O)N2N=C(c3cccs3)C[C@@H]2c2ccc(F)cc2)c1. The van der Waals surface area contributed by atoms with Gasteiger partial charge in [-0.1, -0.05) is 48.2 Å². The van der Waals surface area contributed by atoms with E-state index in [-0.39, 0.29) is 35.6 Å². The summed E-state index contributed by atoms with van der Waals surface area (Å²) >= 11 is 2.75. The van der Waals surface area contributed by atoms with Crippen LogP contribution in [0.1, 0.15) is 44.6 Å². The Kier molecular flexibility index (Phi) is 8.62. The first-order valence-corrected chi connectivity index (χ1v) is 15.6. The number of nitrogens with zero attached hydrogens (tertiary/aromatic N) is 5. The number of carbonyl (C=O) groups is 2. The smallest absolute Gasteiger partial charge is 0.253 e. The van der Waals surface area contributed by atoms with Crippen molar-refractivity contribution in [2.75, 3.05) is 5.75 Å². The molecule has 0 radical (unpaired) electrons. The van der Waals surface area contributed by atoms with Crippen molar-refractivity contribution in [1.29, 1.82) is 0 Å². The minimum atomic E-state index is -0.504. The predicted octanol–water partition coefficient (Wildman–Crippen LogP) is 6.32. The molecule has 0 spiro atoms. The summed E-state index contributed by atoms with van der Waals surface area (Å²) in [6.07, 6.45) is 0.511. The molecule has 5 aromatic rings. The molecule has 12 heteroatoms. The standard InChI is InChI=1S/C32H26F2N6O2S2/c1-20-5-2-8-25(15-20)39-29(18-35-31(42)22-6-3-7-24(34)16-22)36-37-32(39)44-19-30(41)40-27(21-10-12-23(33)13-11-21)17-26(38-40)28-9-4-14-43-28/h2-16,27H,17-19H2,1H3,(H,35,42)/t27-/m1/s1. The van der Waals surface area contributed by atoms with Crippen molar-refractivity contribution in [1.82, 2.24) is 25.1 Å². The fraction of sp³-hybridized carbons (Fsp3) is 0.156. The van der Waals surface area contributed by atoms with Gasteiger partial charge in [0, 0.05) is 17.7 Å². The highest BCUT2D eigenvalue weighted by Crippen LogP contribution is 2.35. The molecule has 0 saturated carbocycles. The molecule has 3 heterocycles. The summed E-state index contributed by atoms with van der Waals surface area (Å²) in [6.45, 7) is 1.99. The molecule has 1 atom stereocenters. The van der Waals surface area contributed by atoms with Gasteiger partial charge in [0.25, 0.3) is 11.8 Å². The monoisotopic (exact) mass is 628 g/mol. The number of nitrogens with one attached hydrogen (secondary N) is 1. The zero-order valence-corrected chi connectivity index (χ0v) is 25.1. The number of thiophene rings is 1. The summed E-state index contributed by atoms with van der Waals surface area (Å²) in [7, 11) is 0. The molecule has 6 rings (SSSR count). The minimum Gasteiger partial charge on any atom is -0.345 e. The van der Waals surface area contributed by atoms with Gasteiger partial charge in [-0.2, -0.15) is 5.10 Å². The Morgan fingerprint density at radius 1 is 0.977 bits per heavy atom. The lowest BCUT2D eigenvalue weighted by atomic mass is 10.0. The van der Waals surface area contributed by atoms with E-state index in [0.29, 0.717) is 17.4 Å². The van der Waals surface area contributed by atoms with E-state index >= 15 is 0 Å². The number of benzene rings is 3. The zero-order valence-electron chi connectivity index (χ0n) is 23.5. The van der Waals surface area contributed by atoms with Gasteiger partial charge in [-0.3, -0.25) is 14.2 Å². The fourth-order valence-corrected chi connectivity index (χ4v) is 6.44. The largest absolute Gasteiger partial charge is 0.345 e. The predicted molar refractivity (Wildman–Crippen MR) is 166 cm³/mol. The molecular formula is C32H26F2N6O2S2. The van der Waals surface area contributed by atoms with Gasteiger partial charge in [-0.05, 0) is 72.0 Å². The van der Waals surface area contributed by atoms with Gasteiger partial charge in [0.2, 0.25) is 0 Å². The van der Waals surface area contributed by atoms with Crippen molar-refractivity contribution in [3.63, 3.8) is 0 Å². The van der Waals surface area contributed by atoms with Crippen LogP contribution >= 0.6 is 23.1 Å². The molecule has 1 aliphatic rings. The molecule has 222 valence electrons. The summed E-state index contributed by atoms with van der Waals surface area (Å²) in [5.74, 6) is -1.09.